The molecule has 39 heavy (non-hydrogen) atoms. The molecule has 208 valence electrons. The van der Waals surface area contributed by atoms with Crippen molar-refractivity contribution in [3.05, 3.63) is 101 Å². The summed E-state index contributed by atoms with van der Waals surface area (Å²) in [4.78, 5) is 28.8. The highest BCUT2D eigenvalue weighted by molar-refractivity contribution is 7.92. The molecular formula is C30H36FN3O4S. The first-order valence-electron chi connectivity index (χ1n) is 12.8. The number of amides is 2. The SMILES string of the molecule is Cc1ccc(C)c(N(CC(=O)N(Cc2ccccc2F)[C@H](Cc2ccccc2)C(=O)NC(C)C)S(C)(=O)=O)c1. The lowest BCUT2D eigenvalue weighted by molar-refractivity contribution is -0.140. The van der Waals surface area contributed by atoms with Crippen molar-refractivity contribution in [1.82, 2.24) is 10.2 Å². The molecule has 3 aromatic rings. The van der Waals surface area contributed by atoms with E-state index in [2.05, 4.69) is 5.32 Å². The quantitative estimate of drug-likeness (QED) is 0.382. The Morgan fingerprint density at radius 1 is 0.949 bits per heavy atom. The number of rotatable bonds is 11. The minimum Gasteiger partial charge on any atom is -0.352 e. The second-order valence-corrected chi connectivity index (χ2v) is 11.9. The number of nitrogens with zero attached hydrogens (tertiary/aromatic N) is 2. The molecule has 0 heterocycles. The summed E-state index contributed by atoms with van der Waals surface area (Å²) < 4.78 is 41.7. The highest BCUT2D eigenvalue weighted by Gasteiger charge is 2.34. The summed E-state index contributed by atoms with van der Waals surface area (Å²) in [6.45, 7) is 6.47. The van der Waals surface area contributed by atoms with Crippen LogP contribution in [-0.4, -0.2) is 50.0 Å². The predicted octanol–water partition coefficient (Wildman–Crippen LogP) is 4.37. The standard InChI is InChI=1S/C30H36FN3O4S/c1-21(2)32-30(36)28(18-24-11-7-6-8-12-24)33(19-25-13-9-10-14-26(25)31)29(35)20-34(39(5,37)38)27-17-22(3)15-16-23(27)4/h6-17,21,28H,18-20H2,1-5H3,(H,32,36)/t28-/m1/s1. The topological polar surface area (TPSA) is 86.8 Å². The molecule has 0 radical (unpaired) electrons. The molecule has 0 aliphatic heterocycles. The second-order valence-electron chi connectivity index (χ2n) is 10.0. The van der Waals surface area contributed by atoms with E-state index in [0.717, 1.165) is 21.7 Å². The van der Waals surface area contributed by atoms with E-state index in [4.69, 9.17) is 0 Å². The Balaban J connectivity index is 2.09. The van der Waals surface area contributed by atoms with Crippen LogP contribution in [0.5, 0.6) is 0 Å². The van der Waals surface area contributed by atoms with E-state index in [-0.39, 0.29) is 24.6 Å². The van der Waals surface area contributed by atoms with Gasteiger partial charge in [-0.15, -0.1) is 0 Å². The van der Waals surface area contributed by atoms with E-state index in [1.165, 1.54) is 11.0 Å². The smallest absolute Gasteiger partial charge is 0.244 e. The van der Waals surface area contributed by atoms with Crippen molar-refractivity contribution in [3.8, 4) is 0 Å². The number of sulfonamides is 1. The zero-order valence-electron chi connectivity index (χ0n) is 23.0. The van der Waals surface area contributed by atoms with Gasteiger partial charge in [0.05, 0.1) is 11.9 Å². The monoisotopic (exact) mass is 553 g/mol. The van der Waals surface area contributed by atoms with Gasteiger partial charge in [0.25, 0.3) is 0 Å². The lowest BCUT2D eigenvalue weighted by Crippen LogP contribution is -2.54. The Hall–Kier alpha value is -3.72. The number of carbonyl (C=O) groups excluding carboxylic acids is 2. The number of hydrogen-bond donors (Lipinski definition) is 1. The molecular weight excluding hydrogens is 517 g/mol. The zero-order valence-corrected chi connectivity index (χ0v) is 23.8. The third-order valence-corrected chi connectivity index (χ3v) is 7.44. The van der Waals surface area contributed by atoms with Gasteiger partial charge in [-0.2, -0.15) is 0 Å². The lowest BCUT2D eigenvalue weighted by atomic mass is 10.0. The third kappa shape index (κ3) is 8.13. The van der Waals surface area contributed by atoms with Crippen LogP contribution in [0.3, 0.4) is 0 Å². The van der Waals surface area contributed by atoms with Crippen LogP contribution in [0.4, 0.5) is 10.1 Å². The first-order chi connectivity index (χ1) is 18.4. The maximum absolute atomic E-state index is 14.8. The van der Waals surface area contributed by atoms with E-state index in [1.807, 2.05) is 57.2 Å². The van der Waals surface area contributed by atoms with E-state index < -0.39 is 40.2 Å². The second kappa shape index (κ2) is 12.9. The normalized spacial score (nSPS) is 12.2. The average Bonchev–Trinajstić information content (AvgIpc) is 2.86. The van der Waals surface area contributed by atoms with Gasteiger partial charge in [0.15, 0.2) is 0 Å². The molecule has 2 amide bonds. The van der Waals surface area contributed by atoms with Crippen LogP contribution >= 0.6 is 0 Å². The van der Waals surface area contributed by atoms with Gasteiger partial charge in [0, 0.05) is 24.6 Å². The van der Waals surface area contributed by atoms with Crippen LogP contribution in [0.2, 0.25) is 0 Å². The van der Waals surface area contributed by atoms with Crippen molar-refractivity contribution in [1.29, 1.82) is 0 Å². The van der Waals surface area contributed by atoms with E-state index in [1.54, 1.807) is 37.3 Å². The molecule has 3 rings (SSSR count). The van der Waals surface area contributed by atoms with Crippen LogP contribution in [0.25, 0.3) is 0 Å². The molecule has 1 atom stereocenters. The van der Waals surface area contributed by atoms with Gasteiger partial charge in [0.1, 0.15) is 18.4 Å². The molecule has 0 fully saturated rings. The van der Waals surface area contributed by atoms with Gasteiger partial charge < -0.3 is 10.2 Å². The Bertz CT molecular complexity index is 1410. The van der Waals surface area contributed by atoms with Gasteiger partial charge in [-0.3, -0.25) is 13.9 Å². The van der Waals surface area contributed by atoms with Crippen molar-refractivity contribution in [2.45, 2.75) is 52.7 Å². The minimum atomic E-state index is -3.88. The van der Waals surface area contributed by atoms with Crippen molar-refractivity contribution in [2.24, 2.45) is 0 Å². The number of hydrogen-bond acceptors (Lipinski definition) is 4. The Morgan fingerprint density at radius 3 is 2.21 bits per heavy atom. The van der Waals surface area contributed by atoms with Crippen LogP contribution in [0.1, 0.15) is 36.1 Å². The molecule has 0 spiro atoms. The predicted molar refractivity (Wildman–Crippen MR) is 152 cm³/mol. The van der Waals surface area contributed by atoms with Crippen LogP contribution < -0.4 is 9.62 Å². The summed E-state index contributed by atoms with van der Waals surface area (Å²) in [5, 5.41) is 2.87. The first kappa shape index (κ1) is 29.8. The van der Waals surface area contributed by atoms with Crippen LogP contribution in [-0.2, 0) is 32.6 Å². The first-order valence-corrected chi connectivity index (χ1v) is 14.6. The van der Waals surface area contributed by atoms with E-state index in [0.29, 0.717) is 11.3 Å². The van der Waals surface area contributed by atoms with Gasteiger partial charge in [0.2, 0.25) is 21.8 Å². The number of benzene rings is 3. The fourth-order valence-electron chi connectivity index (χ4n) is 4.33. The average molecular weight is 554 g/mol. The zero-order chi connectivity index (χ0) is 28.7. The minimum absolute atomic E-state index is 0.169. The van der Waals surface area contributed by atoms with Crippen molar-refractivity contribution in [3.63, 3.8) is 0 Å². The largest absolute Gasteiger partial charge is 0.352 e. The summed E-state index contributed by atoms with van der Waals surface area (Å²) in [5.41, 5.74) is 2.92. The fourth-order valence-corrected chi connectivity index (χ4v) is 5.23. The molecule has 9 heteroatoms. The number of carbonyl (C=O) groups is 2. The summed E-state index contributed by atoms with van der Waals surface area (Å²) in [7, 11) is -3.88. The van der Waals surface area contributed by atoms with E-state index in [9.17, 15) is 22.4 Å². The van der Waals surface area contributed by atoms with Gasteiger partial charge in [-0.1, -0.05) is 60.7 Å². The summed E-state index contributed by atoms with van der Waals surface area (Å²) in [6, 6.07) is 19.4. The molecule has 0 aliphatic rings. The molecule has 0 saturated heterocycles. The molecule has 0 saturated carbocycles. The van der Waals surface area contributed by atoms with Gasteiger partial charge in [-0.05, 0) is 56.5 Å². The highest BCUT2D eigenvalue weighted by Crippen LogP contribution is 2.25. The maximum Gasteiger partial charge on any atom is 0.244 e. The van der Waals surface area contributed by atoms with Gasteiger partial charge in [-0.25, -0.2) is 12.8 Å². The van der Waals surface area contributed by atoms with Crippen molar-refractivity contribution in [2.75, 3.05) is 17.1 Å². The molecule has 0 aromatic heterocycles. The van der Waals surface area contributed by atoms with Gasteiger partial charge >= 0.3 is 0 Å². The Labute approximate surface area is 230 Å². The lowest BCUT2D eigenvalue weighted by Gasteiger charge is -2.34. The molecule has 1 N–H and O–H groups in total. The highest BCUT2D eigenvalue weighted by atomic mass is 32.2. The number of anilines is 1. The number of nitrogens with one attached hydrogen (secondary N) is 1. The summed E-state index contributed by atoms with van der Waals surface area (Å²) in [6.07, 6.45) is 1.21. The molecule has 0 aliphatic carbocycles. The maximum atomic E-state index is 14.8. The molecule has 0 unspecified atom stereocenters. The van der Waals surface area contributed by atoms with Crippen molar-refractivity contribution < 1.29 is 22.4 Å². The number of aryl methyl sites for hydroxylation is 2. The van der Waals surface area contributed by atoms with E-state index >= 15 is 0 Å². The molecule has 3 aromatic carbocycles. The fraction of sp³-hybridized carbons (Fsp3) is 0.333. The van der Waals surface area contributed by atoms with Crippen LogP contribution in [0, 0.1) is 19.7 Å². The third-order valence-electron chi connectivity index (χ3n) is 6.31. The molecule has 7 nitrogen and oxygen atoms in total. The summed E-state index contributed by atoms with van der Waals surface area (Å²) in [5.74, 6) is -1.55. The Morgan fingerprint density at radius 2 is 1.59 bits per heavy atom. The Kier molecular flexibility index (Phi) is 9.86. The van der Waals surface area contributed by atoms with Crippen LogP contribution in [0.15, 0.2) is 72.8 Å². The van der Waals surface area contributed by atoms with Crippen molar-refractivity contribution >= 4 is 27.5 Å². The number of halogens is 1. The summed E-state index contributed by atoms with van der Waals surface area (Å²) >= 11 is 0. The molecule has 0 bridgehead atoms.